The first-order chi connectivity index (χ1) is 9.69. The first kappa shape index (κ1) is 15.3. The summed E-state index contributed by atoms with van der Waals surface area (Å²) in [5.41, 5.74) is 2.28. The van der Waals surface area contributed by atoms with E-state index in [1.54, 1.807) is 0 Å². The smallest absolute Gasteiger partial charge is 0.118 e. The van der Waals surface area contributed by atoms with E-state index in [0.717, 1.165) is 40.2 Å². The topological polar surface area (TPSA) is 34.4 Å². The molecule has 3 nitrogen and oxygen atoms in total. The zero-order valence-electron chi connectivity index (χ0n) is 11.9. The second kappa shape index (κ2) is 7.62. The van der Waals surface area contributed by atoms with Crippen LogP contribution in [0.3, 0.4) is 0 Å². The zero-order chi connectivity index (χ0) is 14.4. The molecule has 1 aromatic carbocycles. The summed E-state index contributed by atoms with van der Waals surface area (Å²) in [6.07, 6.45) is 0. The number of aryl methyl sites for hydroxylation is 1. The Labute approximate surface area is 128 Å². The van der Waals surface area contributed by atoms with E-state index in [1.807, 2.05) is 19.1 Å². The molecule has 2 aromatic rings. The Morgan fingerprint density at radius 1 is 1.25 bits per heavy atom. The van der Waals surface area contributed by atoms with Crippen molar-refractivity contribution < 1.29 is 9.15 Å². The zero-order valence-corrected chi connectivity index (χ0v) is 13.5. The molecule has 1 aromatic heterocycles. The minimum Gasteiger partial charge on any atom is -0.465 e. The maximum atomic E-state index is 5.76. The maximum Gasteiger partial charge on any atom is 0.118 e. The van der Waals surface area contributed by atoms with Gasteiger partial charge >= 0.3 is 0 Å². The molecule has 0 fully saturated rings. The molecule has 0 aliphatic heterocycles. The van der Waals surface area contributed by atoms with Crippen LogP contribution >= 0.6 is 15.9 Å². The van der Waals surface area contributed by atoms with Gasteiger partial charge in [0.15, 0.2) is 0 Å². The van der Waals surface area contributed by atoms with Crippen LogP contribution in [-0.2, 0) is 24.5 Å². The van der Waals surface area contributed by atoms with Crippen LogP contribution in [0.25, 0.3) is 0 Å². The van der Waals surface area contributed by atoms with Crippen molar-refractivity contribution in [2.45, 2.75) is 33.6 Å². The van der Waals surface area contributed by atoms with E-state index >= 15 is 0 Å². The van der Waals surface area contributed by atoms with Crippen LogP contribution in [-0.4, -0.2) is 6.54 Å². The van der Waals surface area contributed by atoms with E-state index in [4.69, 9.17) is 9.15 Å². The third kappa shape index (κ3) is 4.47. The Balaban J connectivity index is 1.86. The van der Waals surface area contributed by atoms with Gasteiger partial charge in [0.2, 0.25) is 0 Å². The molecule has 0 radical (unpaired) electrons. The van der Waals surface area contributed by atoms with Gasteiger partial charge in [-0.05, 0) is 37.2 Å². The van der Waals surface area contributed by atoms with E-state index in [9.17, 15) is 0 Å². The number of ether oxygens (including phenoxy) is 1. The molecule has 0 bridgehead atoms. The lowest BCUT2D eigenvalue weighted by Gasteiger charge is -2.04. The number of hydrogen-bond donors (Lipinski definition) is 1. The second-order valence-corrected chi connectivity index (χ2v) is 5.61. The fourth-order valence-electron chi connectivity index (χ4n) is 1.97. The number of furan rings is 1. The highest BCUT2D eigenvalue weighted by Gasteiger charge is 2.07. The molecule has 2 rings (SSSR count). The molecule has 1 N–H and O–H groups in total. The van der Waals surface area contributed by atoms with Gasteiger partial charge < -0.3 is 14.5 Å². The van der Waals surface area contributed by atoms with Gasteiger partial charge in [0.05, 0.1) is 19.8 Å². The average molecular weight is 338 g/mol. The van der Waals surface area contributed by atoms with E-state index in [2.05, 4.69) is 46.4 Å². The number of nitrogens with one attached hydrogen (secondary N) is 1. The Kier molecular flexibility index (Phi) is 5.83. The minimum absolute atomic E-state index is 0.577. The SMILES string of the molecule is CCNCc1cc(COCc2cccc(Br)c2)c(C)o1. The van der Waals surface area contributed by atoms with Gasteiger partial charge in [0.25, 0.3) is 0 Å². The quantitative estimate of drug-likeness (QED) is 0.823. The summed E-state index contributed by atoms with van der Waals surface area (Å²) in [6.45, 7) is 6.95. The highest BCUT2D eigenvalue weighted by atomic mass is 79.9. The van der Waals surface area contributed by atoms with Crippen LogP contribution in [0, 0.1) is 6.92 Å². The Bertz CT molecular complexity index is 551. The monoisotopic (exact) mass is 337 g/mol. The maximum absolute atomic E-state index is 5.76. The molecule has 0 unspecified atom stereocenters. The third-order valence-electron chi connectivity index (χ3n) is 3.04. The lowest BCUT2D eigenvalue weighted by Crippen LogP contribution is -2.10. The van der Waals surface area contributed by atoms with E-state index in [-0.39, 0.29) is 0 Å². The van der Waals surface area contributed by atoms with Crippen molar-refractivity contribution in [1.29, 1.82) is 0 Å². The first-order valence-electron chi connectivity index (χ1n) is 6.80. The summed E-state index contributed by atoms with van der Waals surface area (Å²) in [6, 6.07) is 10.2. The standard InChI is InChI=1S/C16H20BrNO2/c1-3-18-9-16-8-14(12(2)20-16)11-19-10-13-5-4-6-15(17)7-13/h4-8,18H,3,9-11H2,1-2H3. The van der Waals surface area contributed by atoms with Crippen molar-refractivity contribution in [2.75, 3.05) is 6.54 Å². The third-order valence-corrected chi connectivity index (χ3v) is 3.53. The fraction of sp³-hybridized carbons (Fsp3) is 0.375. The summed E-state index contributed by atoms with van der Waals surface area (Å²) in [5.74, 6) is 1.90. The van der Waals surface area contributed by atoms with Crippen LogP contribution in [0.5, 0.6) is 0 Å². The molecule has 1 heterocycles. The molecule has 0 aliphatic carbocycles. The van der Waals surface area contributed by atoms with Crippen LogP contribution in [0.4, 0.5) is 0 Å². The van der Waals surface area contributed by atoms with Gasteiger partial charge in [0.1, 0.15) is 11.5 Å². The summed E-state index contributed by atoms with van der Waals surface area (Å²) in [7, 11) is 0. The summed E-state index contributed by atoms with van der Waals surface area (Å²) in [5, 5.41) is 3.25. The summed E-state index contributed by atoms with van der Waals surface area (Å²) >= 11 is 3.46. The van der Waals surface area contributed by atoms with Gasteiger partial charge in [-0.2, -0.15) is 0 Å². The largest absolute Gasteiger partial charge is 0.465 e. The van der Waals surface area contributed by atoms with Gasteiger partial charge in [-0.1, -0.05) is 35.0 Å². The molecule has 0 saturated heterocycles. The molecule has 20 heavy (non-hydrogen) atoms. The number of rotatable bonds is 7. The highest BCUT2D eigenvalue weighted by molar-refractivity contribution is 9.10. The molecule has 0 aliphatic rings. The van der Waals surface area contributed by atoms with Crippen LogP contribution in [0.2, 0.25) is 0 Å². The van der Waals surface area contributed by atoms with Gasteiger partial charge in [0, 0.05) is 10.0 Å². The van der Waals surface area contributed by atoms with Crippen molar-refractivity contribution in [2.24, 2.45) is 0 Å². The van der Waals surface area contributed by atoms with Crippen molar-refractivity contribution >= 4 is 15.9 Å². The van der Waals surface area contributed by atoms with E-state index in [0.29, 0.717) is 13.2 Å². The van der Waals surface area contributed by atoms with Gasteiger partial charge in [-0.25, -0.2) is 0 Å². The Morgan fingerprint density at radius 3 is 2.85 bits per heavy atom. The number of hydrogen-bond acceptors (Lipinski definition) is 3. The predicted octanol–water partition coefficient (Wildman–Crippen LogP) is 4.18. The molecule has 0 atom stereocenters. The van der Waals surface area contributed by atoms with Crippen molar-refractivity contribution in [3.05, 3.63) is 57.5 Å². The van der Waals surface area contributed by atoms with Gasteiger partial charge in [-0.15, -0.1) is 0 Å². The predicted molar refractivity (Wildman–Crippen MR) is 83.5 cm³/mol. The molecular formula is C16H20BrNO2. The Hall–Kier alpha value is -1.10. The van der Waals surface area contributed by atoms with Crippen LogP contribution < -0.4 is 5.32 Å². The molecule has 0 saturated carbocycles. The molecule has 108 valence electrons. The highest BCUT2D eigenvalue weighted by Crippen LogP contribution is 2.17. The van der Waals surface area contributed by atoms with Crippen molar-refractivity contribution in [1.82, 2.24) is 5.32 Å². The van der Waals surface area contributed by atoms with Crippen LogP contribution in [0.15, 0.2) is 39.2 Å². The molecule has 0 spiro atoms. The average Bonchev–Trinajstić information content (AvgIpc) is 2.77. The van der Waals surface area contributed by atoms with E-state index in [1.165, 1.54) is 0 Å². The molecular weight excluding hydrogens is 318 g/mol. The lowest BCUT2D eigenvalue weighted by molar-refractivity contribution is 0.106. The first-order valence-corrected chi connectivity index (χ1v) is 7.59. The Morgan fingerprint density at radius 2 is 2.10 bits per heavy atom. The fourth-order valence-corrected chi connectivity index (χ4v) is 2.42. The summed E-state index contributed by atoms with van der Waals surface area (Å²) in [4.78, 5) is 0. The van der Waals surface area contributed by atoms with Crippen molar-refractivity contribution in [3.8, 4) is 0 Å². The van der Waals surface area contributed by atoms with Crippen molar-refractivity contribution in [3.63, 3.8) is 0 Å². The second-order valence-electron chi connectivity index (χ2n) is 4.70. The van der Waals surface area contributed by atoms with Crippen LogP contribution in [0.1, 0.15) is 29.6 Å². The minimum atomic E-state index is 0.577. The number of benzene rings is 1. The van der Waals surface area contributed by atoms with E-state index < -0.39 is 0 Å². The normalized spacial score (nSPS) is 10.9. The van der Waals surface area contributed by atoms with Gasteiger partial charge in [-0.3, -0.25) is 0 Å². The lowest BCUT2D eigenvalue weighted by atomic mass is 10.2. The number of halogens is 1. The summed E-state index contributed by atoms with van der Waals surface area (Å²) < 4.78 is 12.5. The molecule has 0 amide bonds. The molecule has 4 heteroatoms.